The molecule has 0 saturated carbocycles. The topological polar surface area (TPSA) is 28.6 Å². The Morgan fingerprint density at radius 3 is 2.11 bits per heavy atom. The van der Waals surface area contributed by atoms with Crippen molar-refractivity contribution in [1.82, 2.24) is 14.8 Å². The Balaban J connectivity index is 1.25. The number of ether oxygens (including phenoxy) is 1. The lowest BCUT2D eigenvalue weighted by Gasteiger charge is -2.47. The van der Waals surface area contributed by atoms with Crippen LogP contribution in [0.5, 0.6) is 5.75 Å². The van der Waals surface area contributed by atoms with Crippen molar-refractivity contribution in [1.29, 1.82) is 0 Å². The average molecular weight is 366 g/mol. The summed E-state index contributed by atoms with van der Waals surface area (Å²) in [6.45, 7) is 6.99. The molecule has 0 bridgehead atoms. The van der Waals surface area contributed by atoms with Gasteiger partial charge in [-0.2, -0.15) is 0 Å². The van der Waals surface area contributed by atoms with E-state index in [0.717, 1.165) is 18.8 Å². The first-order chi connectivity index (χ1) is 13.2. The van der Waals surface area contributed by atoms with Gasteiger partial charge in [-0.15, -0.1) is 0 Å². The quantitative estimate of drug-likeness (QED) is 0.802. The summed E-state index contributed by atoms with van der Waals surface area (Å²) in [6, 6.07) is 12.7. The van der Waals surface area contributed by atoms with Gasteiger partial charge in [0.1, 0.15) is 5.75 Å². The van der Waals surface area contributed by atoms with E-state index in [2.05, 4.69) is 39.0 Å². The number of nitrogens with zero attached hydrogens (tertiary/aromatic N) is 3. The Kier molecular flexibility index (Phi) is 5.74. The molecule has 4 rings (SSSR count). The molecule has 1 spiro atoms. The predicted molar refractivity (Wildman–Crippen MR) is 109 cm³/mol. The number of likely N-dealkylation sites (tertiary alicyclic amines) is 2. The highest BCUT2D eigenvalue weighted by Gasteiger charge is 2.37. The number of rotatable bonds is 5. The summed E-state index contributed by atoms with van der Waals surface area (Å²) in [5, 5.41) is 0. The lowest BCUT2D eigenvalue weighted by atomic mass is 9.71. The molecule has 2 saturated heterocycles. The van der Waals surface area contributed by atoms with Gasteiger partial charge in [0.2, 0.25) is 0 Å². The Labute approximate surface area is 163 Å². The number of pyridine rings is 1. The molecule has 3 heterocycles. The highest BCUT2D eigenvalue weighted by atomic mass is 16.5. The number of aromatic nitrogens is 1. The van der Waals surface area contributed by atoms with Crippen LogP contribution >= 0.6 is 0 Å². The van der Waals surface area contributed by atoms with E-state index in [0.29, 0.717) is 5.41 Å². The molecule has 2 fully saturated rings. The summed E-state index contributed by atoms with van der Waals surface area (Å²) in [7, 11) is 1.74. The molecule has 0 aliphatic carbocycles. The van der Waals surface area contributed by atoms with E-state index in [1.807, 2.05) is 24.5 Å². The van der Waals surface area contributed by atoms with Crippen LogP contribution in [0.25, 0.3) is 0 Å². The highest BCUT2D eigenvalue weighted by Crippen LogP contribution is 2.41. The third-order valence-electron chi connectivity index (χ3n) is 6.50. The van der Waals surface area contributed by atoms with E-state index in [1.165, 1.54) is 63.0 Å². The van der Waals surface area contributed by atoms with Gasteiger partial charge in [-0.3, -0.25) is 14.8 Å². The van der Waals surface area contributed by atoms with Gasteiger partial charge in [0.25, 0.3) is 0 Å². The number of methoxy groups -OCH3 is 1. The molecule has 27 heavy (non-hydrogen) atoms. The minimum absolute atomic E-state index is 0.580. The van der Waals surface area contributed by atoms with Crippen LogP contribution in [-0.2, 0) is 13.1 Å². The largest absolute Gasteiger partial charge is 0.497 e. The van der Waals surface area contributed by atoms with Crippen LogP contribution in [0.2, 0.25) is 0 Å². The zero-order valence-corrected chi connectivity index (χ0v) is 16.4. The van der Waals surface area contributed by atoms with E-state index in [4.69, 9.17) is 4.74 Å². The molecule has 1 aromatic carbocycles. The van der Waals surface area contributed by atoms with Crippen LogP contribution in [0.15, 0.2) is 48.8 Å². The van der Waals surface area contributed by atoms with E-state index in [9.17, 15) is 0 Å². The van der Waals surface area contributed by atoms with Gasteiger partial charge in [0, 0.05) is 25.5 Å². The van der Waals surface area contributed by atoms with Gasteiger partial charge >= 0.3 is 0 Å². The van der Waals surface area contributed by atoms with Crippen molar-refractivity contribution in [3.8, 4) is 5.75 Å². The minimum Gasteiger partial charge on any atom is -0.497 e. The fraction of sp³-hybridized carbons (Fsp3) is 0.522. The Hall–Kier alpha value is -1.91. The molecular weight excluding hydrogens is 334 g/mol. The van der Waals surface area contributed by atoms with E-state index < -0.39 is 0 Å². The van der Waals surface area contributed by atoms with Crippen LogP contribution in [0.3, 0.4) is 0 Å². The number of benzene rings is 1. The fourth-order valence-corrected chi connectivity index (χ4v) is 4.65. The van der Waals surface area contributed by atoms with Gasteiger partial charge in [-0.25, -0.2) is 0 Å². The maximum Gasteiger partial charge on any atom is 0.119 e. The maximum absolute atomic E-state index is 5.36. The first-order valence-corrected chi connectivity index (χ1v) is 10.2. The Morgan fingerprint density at radius 1 is 0.889 bits per heavy atom. The summed E-state index contributed by atoms with van der Waals surface area (Å²) in [5.74, 6) is 0.960. The van der Waals surface area contributed by atoms with Crippen molar-refractivity contribution in [2.24, 2.45) is 5.41 Å². The van der Waals surface area contributed by atoms with E-state index in [-0.39, 0.29) is 0 Å². The van der Waals surface area contributed by atoms with Crippen LogP contribution in [0.1, 0.15) is 36.8 Å². The summed E-state index contributed by atoms with van der Waals surface area (Å²) >= 11 is 0. The predicted octanol–water partition coefficient (Wildman–Crippen LogP) is 3.97. The van der Waals surface area contributed by atoms with Crippen LogP contribution in [0, 0.1) is 5.41 Å². The number of hydrogen-bond acceptors (Lipinski definition) is 4. The SMILES string of the molecule is COc1cccc(CN2CCC3(CCN(Cc4cccnc4)CC3)CC2)c1. The molecule has 0 N–H and O–H groups in total. The van der Waals surface area contributed by atoms with Crippen molar-refractivity contribution in [2.45, 2.75) is 38.8 Å². The smallest absolute Gasteiger partial charge is 0.119 e. The summed E-state index contributed by atoms with van der Waals surface area (Å²) in [5.41, 5.74) is 3.27. The Bertz CT molecular complexity index is 715. The summed E-state index contributed by atoms with van der Waals surface area (Å²) in [6.07, 6.45) is 9.24. The van der Waals surface area contributed by atoms with Gasteiger partial charge in [0.15, 0.2) is 0 Å². The molecule has 0 atom stereocenters. The molecule has 0 unspecified atom stereocenters. The van der Waals surface area contributed by atoms with Crippen molar-refractivity contribution in [3.63, 3.8) is 0 Å². The molecular formula is C23H31N3O. The third kappa shape index (κ3) is 4.69. The first-order valence-electron chi connectivity index (χ1n) is 10.2. The first kappa shape index (κ1) is 18.5. The highest BCUT2D eigenvalue weighted by molar-refractivity contribution is 5.28. The van der Waals surface area contributed by atoms with Crippen LogP contribution < -0.4 is 4.74 Å². The molecule has 0 radical (unpaired) electrons. The lowest BCUT2D eigenvalue weighted by Crippen LogP contribution is -2.46. The maximum atomic E-state index is 5.36. The zero-order valence-electron chi connectivity index (χ0n) is 16.4. The molecule has 2 aliphatic heterocycles. The molecule has 0 amide bonds. The second kappa shape index (κ2) is 8.41. The van der Waals surface area contributed by atoms with Gasteiger partial charge in [-0.05, 0) is 86.6 Å². The zero-order chi connectivity index (χ0) is 18.5. The second-order valence-electron chi connectivity index (χ2n) is 8.27. The van der Waals surface area contributed by atoms with Gasteiger partial charge in [0.05, 0.1) is 7.11 Å². The number of piperidine rings is 2. The van der Waals surface area contributed by atoms with Crippen LogP contribution in [-0.4, -0.2) is 48.1 Å². The monoisotopic (exact) mass is 365 g/mol. The standard InChI is InChI=1S/C23H31N3O/c1-27-22-6-2-4-20(16-22)18-25-12-7-23(8-13-25)9-14-26(15-10-23)19-21-5-3-11-24-17-21/h2-6,11,16-17H,7-10,12-15,18-19H2,1H3. The minimum atomic E-state index is 0.580. The molecule has 1 aromatic heterocycles. The van der Waals surface area contributed by atoms with Crippen molar-refractivity contribution in [2.75, 3.05) is 33.3 Å². The molecule has 4 heteroatoms. The van der Waals surface area contributed by atoms with Gasteiger partial charge < -0.3 is 4.74 Å². The third-order valence-corrected chi connectivity index (χ3v) is 6.50. The number of hydrogen-bond donors (Lipinski definition) is 0. The molecule has 144 valence electrons. The molecule has 2 aromatic rings. The Morgan fingerprint density at radius 2 is 1.52 bits per heavy atom. The normalized spacial score (nSPS) is 20.6. The van der Waals surface area contributed by atoms with Gasteiger partial charge in [-0.1, -0.05) is 18.2 Å². The summed E-state index contributed by atoms with van der Waals surface area (Å²) in [4.78, 5) is 9.46. The van der Waals surface area contributed by atoms with Crippen molar-refractivity contribution >= 4 is 0 Å². The van der Waals surface area contributed by atoms with Crippen LogP contribution in [0.4, 0.5) is 0 Å². The van der Waals surface area contributed by atoms with Crippen molar-refractivity contribution in [3.05, 3.63) is 59.9 Å². The summed E-state index contributed by atoms with van der Waals surface area (Å²) < 4.78 is 5.36. The van der Waals surface area contributed by atoms with E-state index in [1.54, 1.807) is 7.11 Å². The fourth-order valence-electron chi connectivity index (χ4n) is 4.65. The van der Waals surface area contributed by atoms with E-state index >= 15 is 0 Å². The van der Waals surface area contributed by atoms with Crippen molar-refractivity contribution < 1.29 is 4.74 Å². The second-order valence-corrected chi connectivity index (χ2v) is 8.27. The lowest BCUT2D eigenvalue weighted by molar-refractivity contribution is 0.0299. The average Bonchev–Trinajstić information content (AvgIpc) is 2.73. The molecule has 4 nitrogen and oxygen atoms in total. The molecule has 2 aliphatic rings.